The number of aryl methyl sites for hydroxylation is 1. The van der Waals surface area contributed by atoms with Crippen molar-refractivity contribution in [2.24, 2.45) is 0 Å². The fraction of sp³-hybridized carbons (Fsp3) is 0.667. The molecule has 0 spiro atoms. The quantitative estimate of drug-likeness (QED) is 0.867. The minimum Gasteiger partial charge on any atom is -0.496 e. The molecule has 118 valence electrons. The van der Waals surface area contributed by atoms with Crippen molar-refractivity contribution < 1.29 is 9.84 Å². The molecule has 0 aromatic heterocycles. The zero-order chi connectivity index (χ0) is 15.5. The van der Waals surface area contributed by atoms with Crippen LogP contribution >= 0.6 is 0 Å². The highest BCUT2D eigenvalue weighted by Gasteiger charge is 2.43. The third-order valence-electron chi connectivity index (χ3n) is 5.15. The molecular weight excluding hydrogens is 262 g/mol. The van der Waals surface area contributed by atoms with E-state index in [9.17, 15) is 5.11 Å². The van der Waals surface area contributed by atoms with Crippen molar-refractivity contribution in [2.45, 2.75) is 58.1 Å². The van der Waals surface area contributed by atoms with E-state index in [0.29, 0.717) is 0 Å². The van der Waals surface area contributed by atoms with Gasteiger partial charge in [-0.1, -0.05) is 25.5 Å². The number of ether oxygens (including phenoxy) is 1. The first-order valence-electron chi connectivity index (χ1n) is 8.16. The number of methoxy groups -OCH3 is 1. The van der Waals surface area contributed by atoms with Crippen LogP contribution < -0.4 is 4.74 Å². The van der Waals surface area contributed by atoms with Crippen LogP contribution in [0.5, 0.6) is 5.75 Å². The average molecular weight is 291 g/mol. The third kappa shape index (κ3) is 2.95. The number of hydrogen-bond donors (Lipinski definition) is 1. The van der Waals surface area contributed by atoms with Crippen LogP contribution in [0.1, 0.15) is 56.8 Å². The number of aliphatic hydroxyl groups is 1. The first-order valence-corrected chi connectivity index (χ1v) is 8.16. The standard InChI is InChI=1S/C18H29NO2/c1-5-18(6-2,19-11-7-8-12-19)17(20)15-13-14(3)9-10-16(15)21-4/h9-10,13,17,20H,5-8,11-12H2,1-4H3. The van der Waals surface area contributed by atoms with Crippen molar-refractivity contribution in [2.75, 3.05) is 20.2 Å². The van der Waals surface area contributed by atoms with E-state index in [-0.39, 0.29) is 5.54 Å². The maximum atomic E-state index is 11.2. The number of nitrogens with zero attached hydrogens (tertiary/aromatic N) is 1. The zero-order valence-corrected chi connectivity index (χ0v) is 13.9. The van der Waals surface area contributed by atoms with E-state index in [0.717, 1.165) is 42.8 Å². The second-order valence-electron chi connectivity index (χ2n) is 6.15. The molecule has 1 N–H and O–H groups in total. The summed E-state index contributed by atoms with van der Waals surface area (Å²) in [6.07, 6.45) is 3.85. The first kappa shape index (κ1) is 16.3. The van der Waals surface area contributed by atoms with Gasteiger partial charge in [-0.3, -0.25) is 4.90 Å². The summed E-state index contributed by atoms with van der Waals surface area (Å²) < 4.78 is 5.49. The van der Waals surface area contributed by atoms with E-state index in [1.165, 1.54) is 12.8 Å². The Labute approximate surface area is 128 Å². The van der Waals surface area contributed by atoms with Gasteiger partial charge in [-0.05, 0) is 57.8 Å². The van der Waals surface area contributed by atoms with Gasteiger partial charge in [0.15, 0.2) is 0 Å². The molecule has 3 heteroatoms. The Balaban J connectivity index is 2.42. The molecule has 1 aliphatic rings. The van der Waals surface area contributed by atoms with Gasteiger partial charge < -0.3 is 9.84 Å². The summed E-state index contributed by atoms with van der Waals surface area (Å²) in [5.41, 5.74) is 1.90. The van der Waals surface area contributed by atoms with Crippen molar-refractivity contribution in [3.63, 3.8) is 0 Å². The summed E-state index contributed by atoms with van der Waals surface area (Å²) in [6, 6.07) is 6.07. The lowest BCUT2D eigenvalue weighted by molar-refractivity contribution is -0.0305. The lowest BCUT2D eigenvalue weighted by Gasteiger charge is -2.45. The minimum atomic E-state index is -0.513. The fourth-order valence-corrected chi connectivity index (χ4v) is 3.78. The Hall–Kier alpha value is -1.06. The predicted molar refractivity (Wildman–Crippen MR) is 86.8 cm³/mol. The van der Waals surface area contributed by atoms with Crippen LogP contribution in [0.15, 0.2) is 18.2 Å². The van der Waals surface area contributed by atoms with Gasteiger partial charge in [-0.25, -0.2) is 0 Å². The molecule has 1 aliphatic heterocycles. The van der Waals surface area contributed by atoms with Crippen molar-refractivity contribution in [3.05, 3.63) is 29.3 Å². The number of likely N-dealkylation sites (tertiary alicyclic amines) is 1. The summed E-state index contributed by atoms with van der Waals surface area (Å²) in [4.78, 5) is 2.49. The van der Waals surface area contributed by atoms with Gasteiger partial charge >= 0.3 is 0 Å². The highest BCUT2D eigenvalue weighted by atomic mass is 16.5. The Morgan fingerprint density at radius 1 is 1.24 bits per heavy atom. The number of rotatable bonds is 6. The topological polar surface area (TPSA) is 32.7 Å². The molecule has 0 aliphatic carbocycles. The van der Waals surface area contributed by atoms with Gasteiger partial charge in [0.25, 0.3) is 0 Å². The number of aliphatic hydroxyl groups excluding tert-OH is 1. The predicted octanol–water partition coefficient (Wildman–Crippen LogP) is 3.69. The molecule has 0 saturated carbocycles. The monoisotopic (exact) mass is 291 g/mol. The largest absolute Gasteiger partial charge is 0.496 e. The highest BCUT2D eigenvalue weighted by Crippen LogP contribution is 2.42. The molecule has 2 rings (SSSR count). The van der Waals surface area contributed by atoms with Crippen LogP contribution in [0, 0.1) is 6.92 Å². The van der Waals surface area contributed by atoms with E-state index in [4.69, 9.17) is 4.74 Å². The Morgan fingerprint density at radius 2 is 1.86 bits per heavy atom. The van der Waals surface area contributed by atoms with Crippen LogP contribution in [-0.2, 0) is 0 Å². The molecule has 1 atom stereocenters. The Kier molecular flexibility index (Phi) is 5.28. The van der Waals surface area contributed by atoms with Crippen LogP contribution in [0.3, 0.4) is 0 Å². The zero-order valence-electron chi connectivity index (χ0n) is 13.9. The molecule has 0 amide bonds. The van der Waals surface area contributed by atoms with Gasteiger partial charge in [0.2, 0.25) is 0 Å². The second-order valence-corrected chi connectivity index (χ2v) is 6.15. The minimum absolute atomic E-state index is 0.183. The number of benzene rings is 1. The molecule has 0 bridgehead atoms. The molecule has 3 nitrogen and oxygen atoms in total. The molecule has 1 aromatic rings. The van der Waals surface area contributed by atoms with Crippen molar-refractivity contribution in [1.82, 2.24) is 4.90 Å². The van der Waals surface area contributed by atoms with Gasteiger partial charge in [0, 0.05) is 5.56 Å². The lowest BCUT2D eigenvalue weighted by atomic mass is 9.80. The van der Waals surface area contributed by atoms with E-state index < -0.39 is 6.10 Å². The fourth-order valence-electron chi connectivity index (χ4n) is 3.78. The van der Waals surface area contributed by atoms with Gasteiger partial charge in [0.1, 0.15) is 11.9 Å². The van der Waals surface area contributed by atoms with Gasteiger partial charge in [0.05, 0.1) is 12.6 Å². The molecular formula is C18H29NO2. The van der Waals surface area contributed by atoms with Gasteiger partial charge in [-0.15, -0.1) is 0 Å². The summed E-state index contributed by atoms with van der Waals surface area (Å²) in [6.45, 7) is 8.62. The molecule has 21 heavy (non-hydrogen) atoms. The molecule has 1 unspecified atom stereocenters. The van der Waals surface area contributed by atoms with E-state index in [2.05, 4.69) is 31.7 Å². The molecule has 1 saturated heterocycles. The Bertz CT molecular complexity index is 462. The highest BCUT2D eigenvalue weighted by molar-refractivity contribution is 5.40. The van der Waals surface area contributed by atoms with Crippen LogP contribution in [-0.4, -0.2) is 35.7 Å². The maximum Gasteiger partial charge on any atom is 0.124 e. The van der Waals surface area contributed by atoms with E-state index >= 15 is 0 Å². The summed E-state index contributed by atoms with van der Waals surface area (Å²) in [5.74, 6) is 0.790. The van der Waals surface area contributed by atoms with Crippen molar-refractivity contribution in [3.8, 4) is 5.75 Å². The SMILES string of the molecule is CCC(CC)(C(O)c1cc(C)ccc1OC)N1CCCC1. The molecule has 1 aromatic carbocycles. The van der Waals surface area contributed by atoms with Crippen LogP contribution in [0.4, 0.5) is 0 Å². The van der Waals surface area contributed by atoms with Crippen molar-refractivity contribution >= 4 is 0 Å². The Morgan fingerprint density at radius 3 is 2.38 bits per heavy atom. The molecule has 1 heterocycles. The summed E-state index contributed by atoms with van der Waals surface area (Å²) >= 11 is 0. The smallest absolute Gasteiger partial charge is 0.124 e. The lowest BCUT2D eigenvalue weighted by Crippen LogP contribution is -2.51. The van der Waals surface area contributed by atoms with Crippen LogP contribution in [0.2, 0.25) is 0 Å². The van der Waals surface area contributed by atoms with Crippen LogP contribution in [0.25, 0.3) is 0 Å². The average Bonchev–Trinajstić information content (AvgIpc) is 3.03. The maximum absolute atomic E-state index is 11.2. The second kappa shape index (κ2) is 6.80. The summed E-state index contributed by atoms with van der Waals surface area (Å²) in [7, 11) is 1.68. The molecule has 0 radical (unpaired) electrons. The van der Waals surface area contributed by atoms with E-state index in [1.807, 2.05) is 12.1 Å². The summed E-state index contributed by atoms with van der Waals surface area (Å²) in [5, 5.41) is 11.2. The normalized spacial score (nSPS) is 18.0. The third-order valence-corrected chi connectivity index (χ3v) is 5.15. The van der Waals surface area contributed by atoms with E-state index in [1.54, 1.807) is 7.11 Å². The molecule has 1 fully saturated rings. The van der Waals surface area contributed by atoms with Crippen molar-refractivity contribution in [1.29, 1.82) is 0 Å². The first-order chi connectivity index (χ1) is 10.1. The number of hydrogen-bond acceptors (Lipinski definition) is 3. The van der Waals surface area contributed by atoms with Gasteiger partial charge in [-0.2, -0.15) is 0 Å².